The van der Waals surface area contributed by atoms with Crippen molar-refractivity contribution in [2.75, 3.05) is 19.0 Å². The van der Waals surface area contributed by atoms with Crippen LogP contribution in [0.25, 0.3) is 0 Å². The van der Waals surface area contributed by atoms with E-state index in [1.807, 2.05) is 0 Å². The lowest BCUT2D eigenvalue weighted by molar-refractivity contribution is -0.116. The van der Waals surface area contributed by atoms with Crippen molar-refractivity contribution in [3.8, 4) is 0 Å². The molecule has 1 rings (SSSR count). The van der Waals surface area contributed by atoms with E-state index in [9.17, 15) is 14.0 Å². The number of hydrogen-bond donors (Lipinski definition) is 2. The Labute approximate surface area is 110 Å². The Balaban J connectivity index is 2.78. The quantitative estimate of drug-likeness (QED) is 0.607. The maximum atomic E-state index is 13.2. The highest BCUT2D eigenvalue weighted by atomic mass is 19.1. The maximum absolute atomic E-state index is 13.2. The van der Waals surface area contributed by atoms with Gasteiger partial charge in [-0.3, -0.25) is 4.79 Å². The Kier molecular flexibility index (Phi) is 5.95. The van der Waals surface area contributed by atoms with Gasteiger partial charge in [-0.25, -0.2) is 9.18 Å². The molecule has 0 aromatic heterocycles. The van der Waals surface area contributed by atoms with Crippen molar-refractivity contribution in [1.82, 2.24) is 0 Å². The Hall–Kier alpha value is -1.95. The lowest BCUT2D eigenvalue weighted by Crippen LogP contribution is -2.15. The molecule has 0 fully saturated rings. The second-order valence-corrected chi connectivity index (χ2v) is 3.98. The number of benzene rings is 1. The van der Waals surface area contributed by atoms with Crippen LogP contribution in [0.5, 0.6) is 0 Å². The van der Waals surface area contributed by atoms with Gasteiger partial charge >= 0.3 is 5.97 Å². The van der Waals surface area contributed by atoms with Gasteiger partial charge in [-0.05, 0) is 37.6 Å². The van der Waals surface area contributed by atoms with Crippen molar-refractivity contribution in [1.29, 1.82) is 0 Å². The molecule has 3 N–H and O–H groups in total. The highest BCUT2D eigenvalue weighted by Gasteiger charge is 2.14. The molecule has 1 aromatic rings. The number of esters is 1. The summed E-state index contributed by atoms with van der Waals surface area (Å²) in [5.41, 5.74) is 5.56. The zero-order valence-electron chi connectivity index (χ0n) is 10.7. The molecule has 0 aliphatic heterocycles. The van der Waals surface area contributed by atoms with Crippen molar-refractivity contribution >= 4 is 17.6 Å². The number of rotatable bonds is 6. The molecular weight excluding hydrogens is 251 g/mol. The Morgan fingerprint density at radius 1 is 1.37 bits per heavy atom. The minimum absolute atomic E-state index is 0.115. The van der Waals surface area contributed by atoms with E-state index < -0.39 is 11.8 Å². The topological polar surface area (TPSA) is 81.4 Å². The number of methoxy groups -OCH3 is 1. The van der Waals surface area contributed by atoms with Crippen molar-refractivity contribution < 1.29 is 18.7 Å². The third-order valence-electron chi connectivity index (χ3n) is 2.52. The molecule has 0 spiro atoms. The number of ether oxygens (including phenoxy) is 1. The summed E-state index contributed by atoms with van der Waals surface area (Å²) >= 11 is 0. The predicted molar refractivity (Wildman–Crippen MR) is 69.3 cm³/mol. The van der Waals surface area contributed by atoms with Crippen molar-refractivity contribution in [3.05, 3.63) is 29.6 Å². The molecular formula is C13H17FN2O3. The lowest BCUT2D eigenvalue weighted by atomic mass is 10.1. The van der Waals surface area contributed by atoms with Crippen molar-refractivity contribution in [2.45, 2.75) is 19.3 Å². The first kappa shape index (κ1) is 15.1. The zero-order chi connectivity index (χ0) is 14.3. The molecule has 5 nitrogen and oxygen atoms in total. The van der Waals surface area contributed by atoms with E-state index in [-0.39, 0.29) is 23.6 Å². The van der Waals surface area contributed by atoms with Crippen LogP contribution in [0.3, 0.4) is 0 Å². The van der Waals surface area contributed by atoms with Gasteiger partial charge in [-0.2, -0.15) is 0 Å². The molecule has 0 aliphatic carbocycles. The van der Waals surface area contributed by atoms with Crippen LogP contribution in [0.2, 0.25) is 0 Å². The highest BCUT2D eigenvalue weighted by molar-refractivity contribution is 6.01. The van der Waals surface area contributed by atoms with E-state index >= 15 is 0 Å². The highest BCUT2D eigenvalue weighted by Crippen LogP contribution is 2.18. The minimum Gasteiger partial charge on any atom is -0.465 e. The third-order valence-corrected chi connectivity index (χ3v) is 2.52. The third kappa shape index (κ3) is 4.67. The van der Waals surface area contributed by atoms with Crippen LogP contribution in [0.4, 0.5) is 10.1 Å². The van der Waals surface area contributed by atoms with Crippen LogP contribution in [-0.4, -0.2) is 25.5 Å². The van der Waals surface area contributed by atoms with E-state index in [4.69, 9.17) is 5.73 Å². The van der Waals surface area contributed by atoms with Gasteiger partial charge in [-0.1, -0.05) is 0 Å². The Bertz CT molecular complexity index is 463. The number of amides is 1. The fourth-order valence-corrected chi connectivity index (χ4v) is 1.55. The van der Waals surface area contributed by atoms with Crippen LogP contribution in [0, 0.1) is 5.82 Å². The molecule has 104 valence electrons. The van der Waals surface area contributed by atoms with Gasteiger partial charge in [0.1, 0.15) is 5.82 Å². The van der Waals surface area contributed by atoms with Crippen LogP contribution in [0.1, 0.15) is 29.6 Å². The molecule has 0 bridgehead atoms. The summed E-state index contributed by atoms with van der Waals surface area (Å²) in [6.45, 7) is 0.515. The molecule has 0 heterocycles. The summed E-state index contributed by atoms with van der Waals surface area (Å²) in [7, 11) is 1.22. The summed E-state index contributed by atoms with van der Waals surface area (Å²) in [6.07, 6.45) is 1.65. The first-order valence-electron chi connectivity index (χ1n) is 5.96. The van der Waals surface area contributed by atoms with Gasteiger partial charge in [0.25, 0.3) is 0 Å². The van der Waals surface area contributed by atoms with E-state index in [0.717, 1.165) is 18.6 Å². The fourth-order valence-electron chi connectivity index (χ4n) is 1.55. The number of carbonyl (C=O) groups is 2. The van der Waals surface area contributed by atoms with Crippen LogP contribution < -0.4 is 11.1 Å². The second kappa shape index (κ2) is 7.48. The molecule has 19 heavy (non-hydrogen) atoms. The maximum Gasteiger partial charge on any atom is 0.339 e. The number of nitrogens with two attached hydrogens (primary N) is 1. The first-order chi connectivity index (χ1) is 9.08. The molecule has 0 saturated carbocycles. The average Bonchev–Trinajstić information content (AvgIpc) is 2.38. The van der Waals surface area contributed by atoms with Gasteiger partial charge in [0, 0.05) is 6.42 Å². The Morgan fingerprint density at radius 3 is 2.74 bits per heavy atom. The number of hydrogen-bond acceptors (Lipinski definition) is 4. The molecule has 0 saturated heterocycles. The molecule has 1 amide bonds. The van der Waals surface area contributed by atoms with Gasteiger partial charge in [-0.15, -0.1) is 0 Å². The number of carbonyl (C=O) groups excluding carboxylic acids is 2. The molecule has 0 radical (unpaired) electrons. The molecule has 1 aromatic carbocycles. The largest absolute Gasteiger partial charge is 0.465 e. The van der Waals surface area contributed by atoms with Gasteiger partial charge in [0.2, 0.25) is 5.91 Å². The normalized spacial score (nSPS) is 10.1. The standard InChI is InChI=1S/C13H17FN2O3/c1-19-13(18)10-6-5-9(14)8-11(10)16-12(17)4-2-3-7-15/h5-6,8H,2-4,7,15H2,1H3,(H,16,17). The fraction of sp³-hybridized carbons (Fsp3) is 0.385. The summed E-state index contributed by atoms with van der Waals surface area (Å²) < 4.78 is 17.7. The molecule has 0 aliphatic rings. The SMILES string of the molecule is COC(=O)c1ccc(F)cc1NC(=O)CCCCN. The van der Waals surface area contributed by atoms with Crippen molar-refractivity contribution in [2.24, 2.45) is 5.73 Å². The lowest BCUT2D eigenvalue weighted by Gasteiger charge is -2.09. The van der Waals surface area contributed by atoms with Crippen LogP contribution in [0.15, 0.2) is 18.2 Å². The zero-order valence-corrected chi connectivity index (χ0v) is 10.7. The number of nitrogens with one attached hydrogen (secondary N) is 1. The summed E-state index contributed by atoms with van der Waals surface area (Å²) in [5, 5.41) is 2.50. The number of anilines is 1. The van der Waals surface area contributed by atoms with Gasteiger partial charge in [0.15, 0.2) is 0 Å². The summed E-state index contributed by atoms with van der Waals surface area (Å²) in [6, 6.07) is 3.50. The molecule has 6 heteroatoms. The minimum atomic E-state index is -0.628. The molecule has 0 atom stereocenters. The van der Waals surface area contributed by atoms with Crippen LogP contribution in [-0.2, 0) is 9.53 Å². The number of unbranched alkanes of at least 4 members (excludes halogenated alkanes) is 1. The average molecular weight is 268 g/mol. The first-order valence-corrected chi connectivity index (χ1v) is 5.96. The predicted octanol–water partition coefficient (Wildman–Crippen LogP) is 1.68. The van der Waals surface area contributed by atoms with Crippen LogP contribution >= 0.6 is 0 Å². The van der Waals surface area contributed by atoms with Crippen molar-refractivity contribution in [3.63, 3.8) is 0 Å². The van der Waals surface area contributed by atoms with E-state index in [0.29, 0.717) is 13.0 Å². The molecule has 0 unspecified atom stereocenters. The summed E-state index contributed by atoms with van der Waals surface area (Å²) in [4.78, 5) is 23.1. The smallest absolute Gasteiger partial charge is 0.339 e. The van der Waals surface area contributed by atoms with E-state index in [2.05, 4.69) is 10.1 Å². The van der Waals surface area contributed by atoms with Gasteiger partial charge < -0.3 is 15.8 Å². The van der Waals surface area contributed by atoms with E-state index in [1.54, 1.807) is 0 Å². The monoisotopic (exact) mass is 268 g/mol. The van der Waals surface area contributed by atoms with E-state index in [1.165, 1.54) is 13.2 Å². The summed E-state index contributed by atoms with van der Waals surface area (Å²) in [5.74, 6) is -1.45. The Morgan fingerprint density at radius 2 is 2.11 bits per heavy atom. The number of halogens is 1. The van der Waals surface area contributed by atoms with Gasteiger partial charge in [0.05, 0.1) is 18.4 Å². The second-order valence-electron chi connectivity index (χ2n) is 3.98.